The number of hydrogen-bond donors (Lipinski definition) is 0. The Morgan fingerprint density at radius 3 is 2.30 bits per heavy atom. The second-order valence-corrected chi connectivity index (χ2v) is 15.4. The van der Waals surface area contributed by atoms with E-state index in [1.54, 1.807) is 16.7 Å². The smallest absolute Gasteiger partial charge is 0.0233 e. The zero-order valence-electron chi connectivity index (χ0n) is 24.3. The van der Waals surface area contributed by atoms with Gasteiger partial charge in [0.1, 0.15) is 0 Å². The molecule has 5 aliphatic carbocycles. The molecule has 37 heavy (non-hydrogen) atoms. The number of likely N-dealkylation sites (tertiary alicyclic amines) is 2. The fourth-order valence-electron chi connectivity index (χ4n) is 13.0. The maximum Gasteiger partial charge on any atom is 0.0233 e. The molecular weight excluding hydrogens is 448 g/mol. The lowest BCUT2D eigenvalue weighted by Gasteiger charge is -2.42. The molecule has 8 rings (SSSR count). The average Bonchev–Trinajstić information content (AvgIpc) is 3.58. The van der Waals surface area contributed by atoms with Crippen LogP contribution in [-0.4, -0.2) is 48.1 Å². The third-order valence-corrected chi connectivity index (χ3v) is 14.2. The summed E-state index contributed by atoms with van der Waals surface area (Å²) in [6.07, 6.45) is 14.7. The summed E-state index contributed by atoms with van der Waals surface area (Å²) in [7, 11) is 5.02. The van der Waals surface area contributed by atoms with Gasteiger partial charge in [-0.1, -0.05) is 58.2 Å². The van der Waals surface area contributed by atoms with Crippen LogP contribution in [0, 0.1) is 41.4 Å². The van der Waals surface area contributed by atoms with Crippen LogP contribution in [0.4, 0.5) is 0 Å². The minimum atomic E-state index is 0.689. The van der Waals surface area contributed by atoms with Crippen LogP contribution in [0.15, 0.2) is 18.2 Å². The summed E-state index contributed by atoms with van der Waals surface area (Å²) in [5, 5.41) is 0. The number of nitrogens with zero attached hydrogens (tertiary/aromatic N) is 2. The minimum Gasteiger partial charge on any atom is -0.299 e. The molecule has 202 valence electrons. The van der Waals surface area contributed by atoms with Gasteiger partial charge >= 0.3 is 0 Å². The molecule has 0 aromatic heterocycles. The molecule has 0 spiro atoms. The summed E-state index contributed by atoms with van der Waals surface area (Å²) in [5.74, 6) is 8.93. The average molecular weight is 501 g/mol. The minimum absolute atomic E-state index is 0.689. The van der Waals surface area contributed by atoms with E-state index in [-0.39, 0.29) is 0 Å². The quantitative estimate of drug-likeness (QED) is 0.391. The molecule has 0 N–H and O–H groups in total. The number of likely N-dealkylation sites (N-methyl/N-ethyl adjacent to an activating group) is 2. The first-order valence-electron chi connectivity index (χ1n) is 16.5. The largest absolute Gasteiger partial charge is 0.299 e. The molecule has 0 amide bonds. The topological polar surface area (TPSA) is 6.48 Å². The molecule has 1 aromatic rings. The molecule has 14 unspecified atom stereocenters. The van der Waals surface area contributed by atoms with Gasteiger partial charge in [0.2, 0.25) is 0 Å². The summed E-state index contributed by atoms with van der Waals surface area (Å²) >= 11 is 0. The Kier molecular flexibility index (Phi) is 5.55. The molecule has 0 radical (unpaired) electrons. The Labute approximate surface area is 226 Å². The van der Waals surface area contributed by atoms with Gasteiger partial charge in [-0.2, -0.15) is 0 Å². The number of benzene rings is 1. The number of fused-ring (bicyclic) bond motifs is 10. The van der Waals surface area contributed by atoms with Crippen LogP contribution in [0.5, 0.6) is 0 Å². The van der Waals surface area contributed by atoms with Crippen LogP contribution in [0.25, 0.3) is 0 Å². The van der Waals surface area contributed by atoms with Gasteiger partial charge in [-0.15, -0.1) is 0 Å². The van der Waals surface area contributed by atoms with E-state index in [0.29, 0.717) is 5.92 Å². The molecule has 2 aliphatic heterocycles. The Bertz CT molecular complexity index is 1050. The predicted molar refractivity (Wildman–Crippen MR) is 153 cm³/mol. The van der Waals surface area contributed by atoms with Gasteiger partial charge in [0, 0.05) is 30.1 Å². The van der Waals surface area contributed by atoms with Gasteiger partial charge in [-0.3, -0.25) is 9.80 Å². The highest BCUT2D eigenvalue weighted by Crippen LogP contribution is 2.63. The molecule has 7 aliphatic rings. The van der Waals surface area contributed by atoms with Crippen LogP contribution in [0.3, 0.4) is 0 Å². The molecule has 4 saturated carbocycles. The van der Waals surface area contributed by atoms with E-state index in [0.717, 1.165) is 77.4 Å². The first-order valence-corrected chi connectivity index (χ1v) is 16.5. The molecule has 0 bridgehead atoms. The monoisotopic (exact) mass is 500 g/mol. The van der Waals surface area contributed by atoms with Crippen LogP contribution in [-0.2, 0) is 0 Å². The molecule has 2 saturated heterocycles. The molecule has 2 heteroatoms. The van der Waals surface area contributed by atoms with E-state index in [1.165, 1.54) is 64.2 Å². The molecule has 14 atom stereocenters. The van der Waals surface area contributed by atoms with Gasteiger partial charge in [-0.05, 0) is 129 Å². The van der Waals surface area contributed by atoms with E-state index in [4.69, 9.17) is 0 Å². The molecule has 6 fully saturated rings. The van der Waals surface area contributed by atoms with Gasteiger partial charge in [-0.25, -0.2) is 0 Å². The Hall–Kier alpha value is -0.860. The number of rotatable bonds is 1. The third kappa shape index (κ3) is 3.18. The first-order chi connectivity index (χ1) is 18.0. The van der Waals surface area contributed by atoms with Gasteiger partial charge in [0.25, 0.3) is 0 Å². The lowest BCUT2D eigenvalue weighted by atomic mass is 9.66. The Morgan fingerprint density at radius 2 is 1.46 bits per heavy atom. The van der Waals surface area contributed by atoms with Crippen molar-refractivity contribution >= 4 is 0 Å². The fourth-order valence-corrected chi connectivity index (χ4v) is 13.0. The lowest BCUT2D eigenvalue weighted by Crippen LogP contribution is -2.43. The van der Waals surface area contributed by atoms with E-state index in [2.05, 4.69) is 62.9 Å². The van der Waals surface area contributed by atoms with E-state index in [1.807, 2.05) is 0 Å². The standard InChI is InChI=1S/C35H52N2/c1-19-13-16-30-29(17-19)32-26-15-14-22(18-28(26)21(3)33(32)36(30)4)24-11-8-12-27-31-25-10-7-6-9-23(25)20(2)34(31)37(5)35(24)27/h14-15,18-21,23-25,27,29-35H,6-13,16-17H2,1-5H3. The van der Waals surface area contributed by atoms with Gasteiger partial charge < -0.3 is 0 Å². The third-order valence-electron chi connectivity index (χ3n) is 14.2. The second-order valence-electron chi connectivity index (χ2n) is 15.4. The van der Waals surface area contributed by atoms with Crippen molar-refractivity contribution in [3.8, 4) is 0 Å². The summed E-state index contributed by atoms with van der Waals surface area (Å²) in [6, 6.07) is 11.3. The van der Waals surface area contributed by atoms with E-state index >= 15 is 0 Å². The summed E-state index contributed by atoms with van der Waals surface area (Å²) in [4.78, 5) is 5.81. The first kappa shape index (κ1) is 24.0. The van der Waals surface area contributed by atoms with Crippen molar-refractivity contribution in [2.75, 3.05) is 14.1 Å². The zero-order chi connectivity index (χ0) is 25.2. The predicted octanol–water partition coefficient (Wildman–Crippen LogP) is 7.64. The Balaban J connectivity index is 1.12. The van der Waals surface area contributed by atoms with Crippen molar-refractivity contribution in [2.24, 2.45) is 41.4 Å². The fraction of sp³-hybridized carbons (Fsp3) is 0.829. The van der Waals surface area contributed by atoms with Crippen molar-refractivity contribution in [1.82, 2.24) is 9.80 Å². The van der Waals surface area contributed by atoms with Crippen LogP contribution in [0.1, 0.15) is 119 Å². The normalized spacial score (nSPS) is 52.8. The second kappa shape index (κ2) is 8.57. The maximum atomic E-state index is 2.97. The van der Waals surface area contributed by atoms with Crippen molar-refractivity contribution in [1.29, 1.82) is 0 Å². The summed E-state index contributed by atoms with van der Waals surface area (Å²) in [6.45, 7) is 7.72. The molecule has 1 aromatic carbocycles. The van der Waals surface area contributed by atoms with Crippen molar-refractivity contribution in [2.45, 2.75) is 127 Å². The highest BCUT2D eigenvalue weighted by atomic mass is 15.2. The van der Waals surface area contributed by atoms with Crippen LogP contribution < -0.4 is 0 Å². The SMILES string of the molecule is CC1CCC2C(C1)C1c3ccc(C4CCCC5C6C7CCCCC7C(C)C6N(C)C45)cc3C(C)C1N2C. The Morgan fingerprint density at radius 1 is 0.676 bits per heavy atom. The molecular formula is C35H52N2. The van der Waals surface area contributed by atoms with Crippen LogP contribution in [0.2, 0.25) is 0 Å². The van der Waals surface area contributed by atoms with Crippen molar-refractivity contribution in [3.63, 3.8) is 0 Å². The molecule has 2 nitrogen and oxygen atoms in total. The van der Waals surface area contributed by atoms with Gasteiger partial charge in [0.05, 0.1) is 0 Å². The van der Waals surface area contributed by atoms with Crippen LogP contribution >= 0.6 is 0 Å². The highest BCUT2D eigenvalue weighted by Gasteiger charge is 2.61. The van der Waals surface area contributed by atoms with Crippen molar-refractivity contribution < 1.29 is 0 Å². The summed E-state index contributed by atoms with van der Waals surface area (Å²) < 4.78 is 0. The maximum absolute atomic E-state index is 2.97. The van der Waals surface area contributed by atoms with Gasteiger partial charge in [0.15, 0.2) is 0 Å². The molecule has 2 heterocycles. The zero-order valence-corrected chi connectivity index (χ0v) is 24.3. The lowest BCUT2D eigenvalue weighted by molar-refractivity contribution is 0.101. The highest BCUT2D eigenvalue weighted by molar-refractivity contribution is 5.47. The number of hydrogen-bond acceptors (Lipinski definition) is 2. The van der Waals surface area contributed by atoms with Crippen molar-refractivity contribution in [3.05, 3.63) is 34.9 Å². The van der Waals surface area contributed by atoms with E-state index in [9.17, 15) is 0 Å². The summed E-state index contributed by atoms with van der Waals surface area (Å²) in [5.41, 5.74) is 5.19. The van der Waals surface area contributed by atoms with E-state index < -0.39 is 0 Å².